The van der Waals surface area contributed by atoms with Crippen LogP contribution in [0.25, 0.3) is 0 Å². The fourth-order valence-corrected chi connectivity index (χ4v) is 2.41. The van der Waals surface area contributed by atoms with Crippen molar-refractivity contribution in [2.75, 3.05) is 12.3 Å². The molecular weight excluding hydrogens is 262 g/mol. The molecule has 3 nitrogen and oxygen atoms in total. The van der Waals surface area contributed by atoms with E-state index in [9.17, 15) is 0 Å². The van der Waals surface area contributed by atoms with Crippen LogP contribution in [0.2, 0.25) is 5.02 Å². The zero-order valence-corrected chi connectivity index (χ0v) is 11.1. The molecule has 0 aliphatic carbocycles. The molecule has 98 valence electrons. The van der Waals surface area contributed by atoms with Crippen molar-refractivity contribution in [3.63, 3.8) is 0 Å². The van der Waals surface area contributed by atoms with Gasteiger partial charge in [0.15, 0.2) is 0 Å². The van der Waals surface area contributed by atoms with E-state index in [1.165, 1.54) is 5.56 Å². The van der Waals surface area contributed by atoms with Gasteiger partial charge in [-0.2, -0.15) is 0 Å². The summed E-state index contributed by atoms with van der Waals surface area (Å²) in [5.74, 6) is 1.58. The number of anilines is 1. The first-order chi connectivity index (χ1) is 9.22. The summed E-state index contributed by atoms with van der Waals surface area (Å²) in [5, 5.41) is 0.524. The van der Waals surface area contributed by atoms with Crippen LogP contribution in [-0.4, -0.2) is 12.7 Å². The maximum atomic E-state index is 6.06. The number of para-hydroxylation sites is 1. The second-order valence-electron chi connectivity index (χ2n) is 4.55. The van der Waals surface area contributed by atoms with E-state index in [0.717, 1.165) is 12.2 Å². The predicted octanol–water partition coefficient (Wildman–Crippen LogP) is 3.30. The quantitative estimate of drug-likeness (QED) is 0.874. The first-order valence-electron chi connectivity index (χ1n) is 6.15. The number of nitrogen functional groups attached to an aromatic ring is 1. The summed E-state index contributed by atoms with van der Waals surface area (Å²) in [5.41, 5.74) is 7.49. The third-order valence-corrected chi connectivity index (χ3v) is 3.39. The van der Waals surface area contributed by atoms with Gasteiger partial charge in [-0.15, -0.1) is 0 Å². The van der Waals surface area contributed by atoms with Crippen molar-refractivity contribution in [3.05, 3.63) is 53.1 Å². The lowest BCUT2D eigenvalue weighted by molar-refractivity contribution is 0.148. The first kappa shape index (κ1) is 12.2. The van der Waals surface area contributed by atoms with Gasteiger partial charge in [-0.05, 0) is 29.8 Å². The molecule has 2 aromatic rings. The molecule has 1 aliphatic heterocycles. The highest BCUT2D eigenvalue weighted by Crippen LogP contribution is 2.30. The second-order valence-corrected chi connectivity index (χ2v) is 4.96. The van der Waals surface area contributed by atoms with Crippen LogP contribution in [0.5, 0.6) is 11.5 Å². The lowest BCUT2D eigenvalue weighted by atomic mass is 10.1. The fourth-order valence-electron chi connectivity index (χ4n) is 2.16. The summed E-state index contributed by atoms with van der Waals surface area (Å²) in [6.07, 6.45) is 0.897. The predicted molar refractivity (Wildman–Crippen MR) is 75.9 cm³/mol. The third-order valence-electron chi connectivity index (χ3n) is 3.09. The number of hydrogen-bond donors (Lipinski definition) is 1. The largest absolute Gasteiger partial charge is 0.488 e. The zero-order valence-electron chi connectivity index (χ0n) is 10.3. The van der Waals surface area contributed by atoms with Crippen molar-refractivity contribution in [2.45, 2.75) is 12.5 Å². The van der Waals surface area contributed by atoms with Gasteiger partial charge >= 0.3 is 0 Å². The van der Waals surface area contributed by atoms with Crippen molar-refractivity contribution in [3.8, 4) is 11.5 Å². The smallest absolute Gasteiger partial charge is 0.138 e. The second kappa shape index (κ2) is 5.02. The Labute approximate surface area is 116 Å². The molecule has 2 N–H and O–H groups in total. The van der Waals surface area contributed by atoms with E-state index >= 15 is 0 Å². The summed E-state index contributed by atoms with van der Waals surface area (Å²) < 4.78 is 11.5. The minimum Gasteiger partial charge on any atom is -0.488 e. The topological polar surface area (TPSA) is 44.5 Å². The molecule has 0 bridgehead atoms. The van der Waals surface area contributed by atoms with Crippen LogP contribution < -0.4 is 15.2 Å². The Morgan fingerprint density at radius 2 is 2.11 bits per heavy atom. The van der Waals surface area contributed by atoms with Gasteiger partial charge in [0.05, 0.1) is 5.02 Å². The van der Waals surface area contributed by atoms with Crippen molar-refractivity contribution in [1.29, 1.82) is 0 Å². The molecule has 0 amide bonds. The molecule has 0 saturated heterocycles. The van der Waals surface area contributed by atoms with E-state index in [2.05, 4.69) is 6.07 Å². The summed E-state index contributed by atoms with van der Waals surface area (Å²) in [7, 11) is 0. The highest BCUT2D eigenvalue weighted by atomic mass is 35.5. The van der Waals surface area contributed by atoms with E-state index in [1.807, 2.05) is 18.2 Å². The van der Waals surface area contributed by atoms with Gasteiger partial charge in [0.1, 0.15) is 24.2 Å². The first-order valence-corrected chi connectivity index (χ1v) is 6.52. The van der Waals surface area contributed by atoms with Crippen LogP contribution in [0, 0.1) is 0 Å². The number of rotatable bonds is 3. The third kappa shape index (κ3) is 2.61. The summed E-state index contributed by atoms with van der Waals surface area (Å²) in [4.78, 5) is 0. The van der Waals surface area contributed by atoms with Crippen molar-refractivity contribution in [2.24, 2.45) is 0 Å². The van der Waals surface area contributed by atoms with Crippen LogP contribution in [0.15, 0.2) is 42.5 Å². The molecule has 0 saturated carbocycles. The molecule has 19 heavy (non-hydrogen) atoms. The maximum Gasteiger partial charge on any atom is 0.138 e. The van der Waals surface area contributed by atoms with E-state index in [1.54, 1.807) is 18.2 Å². The molecule has 2 aromatic carbocycles. The van der Waals surface area contributed by atoms with E-state index in [0.29, 0.717) is 23.1 Å². The SMILES string of the molecule is Nc1ccc(OCC2Cc3ccccc3O2)c(Cl)c1. The van der Waals surface area contributed by atoms with Crippen LogP contribution in [0.3, 0.4) is 0 Å². The van der Waals surface area contributed by atoms with Crippen LogP contribution in [0.4, 0.5) is 5.69 Å². The monoisotopic (exact) mass is 275 g/mol. The normalized spacial score (nSPS) is 16.8. The van der Waals surface area contributed by atoms with Gasteiger partial charge in [-0.25, -0.2) is 0 Å². The molecular formula is C15H14ClNO2. The van der Waals surface area contributed by atoms with E-state index < -0.39 is 0 Å². The molecule has 0 fully saturated rings. The van der Waals surface area contributed by atoms with Crippen molar-refractivity contribution < 1.29 is 9.47 Å². The average molecular weight is 276 g/mol. The Balaban J connectivity index is 1.63. The molecule has 4 heteroatoms. The van der Waals surface area contributed by atoms with Crippen molar-refractivity contribution >= 4 is 17.3 Å². The Morgan fingerprint density at radius 3 is 2.89 bits per heavy atom. The van der Waals surface area contributed by atoms with Gasteiger partial charge in [0.25, 0.3) is 0 Å². The minimum absolute atomic E-state index is 0.0334. The van der Waals surface area contributed by atoms with E-state index in [4.69, 9.17) is 26.8 Å². The molecule has 0 aromatic heterocycles. The average Bonchev–Trinajstić information content (AvgIpc) is 2.80. The lowest BCUT2D eigenvalue weighted by Gasteiger charge is -2.13. The summed E-state index contributed by atoms with van der Waals surface area (Å²) in [6.45, 7) is 0.471. The highest BCUT2D eigenvalue weighted by Gasteiger charge is 2.23. The maximum absolute atomic E-state index is 6.06. The molecule has 0 radical (unpaired) electrons. The van der Waals surface area contributed by atoms with Gasteiger partial charge in [0, 0.05) is 12.1 Å². The van der Waals surface area contributed by atoms with Crippen LogP contribution in [-0.2, 0) is 6.42 Å². The Kier molecular flexibility index (Phi) is 3.22. The summed E-state index contributed by atoms with van der Waals surface area (Å²) in [6, 6.07) is 13.3. The van der Waals surface area contributed by atoms with Crippen LogP contribution >= 0.6 is 11.6 Å². The van der Waals surface area contributed by atoms with Crippen molar-refractivity contribution in [1.82, 2.24) is 0 Å². The lowest BCUT2D eigenvalue weighted by Crippen LogP contribution is -2.22. The van der Waals surface area contributed by atoms with Gasteiger partial charge in [-0.3, -0.25) is 0 Å². The number of ether oxygens (including phenoxy) is 2. The Morgan fingerprint density at radius 1 is 1.26 bits per heavy atom. The minimum atomic E-state index is 0.0334. The summed E-state index contributed by atoms with van der Waals surface area (Å²) >= 11 is 6.06. The number of hydrogen-bond acceptors (Lipinski definition) is 3. The number of halogens is 1. The molecule has 1 atom stereocenters. The molecule has 1 heterocycles. The standard InChI is InChI=1S/C15H14ClNO2/c16-13-8-11(17)5-6-15(13)18-9-12-7-10-3-1-2-4-14(10)19-12/h1-6,8,12H,7,9,17H2. The fraction of sp³-hybridized carbons (Fsp3) is 0.200. The molecule has 1 aliphatic rings. The molecule has 1 unspecified atom stereocenters. The van der Waals surface area contributed by atoms with E-state index in [-0.39, 0.29) is 6.10 Å². The molecule has 3 rings (SSSR count). The highest BCUT2D eigenvalue weighted by molar-refractivity contribution is 6.32. The van der Waals surface area contributed by atoms with Gasteiger partial charge < -0.3 is 15.2 Å². The van der Waals surface area contributed by atoms with Gasteiger partial charge in [0.2, 0.25) is 0 Å². The Bertz CT molecular complexity index is 575. The molecule has 0 spiro atoms. The zero-order chi connectivity index (χ0) is 13.2. The number of nitrogens with two attached hydrogens (primary N) is 1. The Hall–Kier alpha value is -1.87. The number of fused-ring (bicyclic) bond motifs is 1. The van der Waals surface area contributed by atoms with Crippen LogP contribution in [0.1, 0.15) is 5.56 Å². The number of benzene rings is 2. The van der Waals surface area contributed by atoms with Gasteiger partial charge in [-0.1, -0.05) is 29.8 Å².